The average Bonchev–Trinajstić information content (AvgIpc) is 3.46. The summed E-state index contributed by atoms with van der Waals surface area (Å²) < 4.78 is 84.3. The quantitative estimate of drug-likeness (QED) is 0.208. The number of pyridine rings is 1. The number of sulfonamides is 1. The van der Waals surface area contributed by atoms with E-state index in [4.69, 9.17) is 13.3 Å². The fraction of sp³-hybridized carbons (Fsp3) is 0.107. The van der Waals surface area contributed by atoms with Gasteiger partial charge in [0.25, 0.3) is 0 Å². The van der Waals surface area contributed by atoms with Gasteiger partial charge in [-0.3, -0.25) is 4.98 Å². The van der Waals surface area contributed by atoms with Crippen molar-refractivity contribution in [3.8, 4) is 11.5 Å². The lowest BCUT2D eigenvalue weighted by Crippen LogP contribution is -2.30. The molecule has 0 bridgehead atoms. The third-order valence-electron chi connectivity index (χ3n) is 6.01. The third-order valence-corrected chi connectivity index (χ3v) is 9.09. The minimum absolute atomic E-state index is 0.0148. The van der Waals surface area contributed by atoms with Gasteiger partial charge in [-0.05, 0) is 66.2 Å². The highest BCUT2D eigenvalue weighted by Gasteiger charge is 2.29. The number of ether oxygens (including phenoxy) is 1. The first-order valence-corrected chi connectivity index (χ1v) is 14.8. The predicted octanol–water partition coefficient (Wildman–Crippen LogP) is 5.13. The number of halogens is 1. The highest BCUT2D eigenvalue weighted by molar-refractivity contribution is 7.89. The van der Waals surface area contributed by atoms with Crippen molar-refractivity contribution in [2.45, 2.75) is 22.9 Å². The van der Waals surface area contributed by atoms with Crippen molar-refractivity contribution in [2.75, 3.05) is 7.11 Å². The Balaban J connectivity index is 1.52. The summed E-state index contributed by atoms with van der Waals surface area (Å²) >= 11 is 0. The number of methoxy groups -OCH3 is 1. The van der Waals surface area contributed by atoms with E-state index in [0.717, 1.165) is 24.3 Å². The largest absolute Gasteiger partial charge is 0.493 e. The summed E-state index contributed by atoms with van der Waals surface area (Å²) in [5.74, 6) is -0.252. The van der Waals surface area contributed by atoms with Gasteiger partial charge in [0.2, 0.25) is 10.0 Å². The van der Waals surface area contributed by atoms with E-state index in [1.807, 2.05) is 0 Å². The summed E-state index contributed by atoms with van der Waals surface area (Å²) in [6, 6.07) is 20.3. The first-order chi connectivity index (χ1) is 19.2. The zero-order valence-electron chi connectivity index (χ0n) is 21.1. The van der Waals surface area contributed by atoms with Crippen LogP contribution in [0.2, 0.25) is 0 Å². The number of fused-ring (bicyclic) bond motifs is 1. The van der Waals surface area contributed by atoms with Gasteiger partial charge in [-0.25, -0.2) is 12.8 Å². The molecule has 0 unspecified atom stereocenters. The molecule has 0 amide bonds. The Morgan fingerprint density at radius 2 is 1.65 bits per heavy atom. The molecule has 3 aromatic carbocycles. The second-order valence-corrected chi connectivity index (χ2v) is 12.1. The van der Waals surface area contributed by atoms with Gasteiger partial charge >= 0.3 is 10.1 Å². The van der Waals surface area contributed by atoms with Crippen LogP contribution in [0.1, 0.15) is 11.3 Å². The molecule has 0 saturated carbocycles. The fourth-order valence-corrected chi connectivity index (χ4v) is 6.57. The van der Waals surface area contributed by atoms with E-state index in [-0.39, 0.29) is 34.4 Å². The smallest absolute Gasteiger partial charge is 0.339 e. The number of para-hydroxylation sites is 1. The molecule has 0 radical (unpaired) electrons. The van der Waals surface area contributed by atoms with Crippen molar-refractivity contribution in [1.29, 1.82) is 0 Å². The lowest BCUT2D eigenvalue weighted by molar-refractivity contribution is 0.357. The highest BCUT2D eigenvalue weighted by atomic mass is 32.2. The Labute approximate surface area is 230 Å². The molecule has 0 N–H and O–H groups in total. The van der Waals surface area contributed by atoms with Crippen LogP contribution >= 0.6 is 0 Å². The Kier molecular flexibility index (Phi) is 7.57. The molecule has 0 aliphatic rings. The van der Waals surface area contributed by atoms with Crippen LogP contribution in [-0.4, -0.2) is 33.2 Å². The summed E-state index contributed by atoms with van der Waals surface area (Å²) in [6.07, 6.45) is 2.96. The second kappa shape index (κ2) is 11.1. The van der Waals surface area contributed by atoms with Crippen LogP contribution in [0.3, 0.4) is 0 Å². The number of furan rings is 1. The van der Waals surface area contributed by atoms with E-state index in [9.17, 15) is 21.2 Å². The zero-order chi connectivity index (χ0) is 28.3. The summed E-state index contributed by atoms with van der Waals surface area (Å²) in [7, 11) is -7.13. The van der Waals surface area contributed by atoms with Crippen LogP contribution in [0.5, 0.6) is 11.5 Å². The Morgan fingerprint density at radius 1 is 0.875 bits per heavy atom. The van der Waals surface area contributed by atoms with Gasteiger partial charge < -0.3 is 13.3 Å². The number of aromatic nitrogens is 1. The van der Waals surface area contributed by atoms with Gasteiger partial charge in [0.1, 0.15) is 21.4 Å². The molecule has 9 nitrogen and oxygen atoms in total. The molecule has 2 heterocycles. The van der Waals surface area contributed by atoms with E-state index < -0.39 is 26.0 Å². The second-order valence-electron chi connectivity index (χ2n) is 8.66. The highest BCUT2D eigenvalue weighted by Crippen LogP contribution is 2.33. The average molecular weight is 583 g/mol. The molecule has 2 aromatic heterocycles. The van der Waals surface area contributed by atoms with Crippen molar-refractivity contribution in [1.82, 2.24) is 9.29 Å². The van der Waals surface area contributed by atoms with Gasteiger partial charge in [-0.2, -0.15) is 12.7 Å². The summed E-state index contributed by atoms with van der Waals surface area (Å²) in [6.45, 7) is -0.266. The number of hydrogen-bond donors (Lipinski definition) is 0. The number of benzene rings is 3. The zero-order valence-corrected chi connectivity index (χ0v) is 22.7. The van der Waals surface area contributed by atoms with Gasteiger partial charge in [0.05, 0.1) is 25.4 Å². The predicted molar refractivity (Wildman–Crippen MR) is 144 cm³/mol. The maximum absolute atomic E-state index is 14.0. The summed E-state index contributed by atoms with van der Waals surface area (Å²) in [5.41, 5.74) is 0.729. The maximum Gasteiger partial charge on any atom is 0.339 e. The number of nitrogens with zero attached hydrogens (tertiary/aromatic N) is 2. The van der Waals surface area contributed by atoms with Crippen LogP contribution in [0.4, 0.5) is 4.39 Å². The molecule has 0 atom stereocenters. The van der Waals surface area contributed by atoms with Crippen LogP contribution in [0.25, 0.3) is 10.9 Å². The minimum atomic E-state index is -4.35. The maximum atomic E-state index is 14.0. The minimum Gasteiger partial charge on any atom is -0.493 e. The fourth-order valence-electron chi connectivity index (χ4n) is 4.08. The first-order valence-electron chi connectivity index (χ1n) is 11.9. The van der Waals surface area contributed by atoms with E-state index in [1.54, 1.807) is 42.5 Å². The lowest BCUT2D eigenvalue weighted by Gasteiger charge is -2.22. The standard InChI is InChI=1S/C28H23FN2O7S2/c1-36-25-14-9-20(17-26(25)38-40(34,35)24-12-10-22(29)11-13-24)18-31(19-23-7-4-16-37-23)39(32,33)27-8-2-5-21-6-3-15-30-28(21)27/h2-17H,18-19H2,1H3. The van der Waals surface area contributed by atoms with Crippen molar-refractivity contribution in [3.63, 3.8) is 0 Å². The topological polar surface area (TPSA) is 116 Å². The third kappa shape index (κ3) is 5.69. The molecule has 5 aromatic rings. The molecule has 0 fully saturated rings. The SMILES string of the molecule is COc1ccc(CN(Cc2ccco2)S(=O)(=O)c2cccc3cccnc23)cc1OS(=O)(=O)c1ccc(F)cc1. The van der Waals surface area contributed by atoms with Crippen LogP contribution in [0.15, 0.2) is 112 Å². The molecular weight excluding hydrogens is 559 g/mol. The molecule has 0 spiro atoms. The van der Waals surface area contributed by atoms with Gasteiger partial charge in [0, 0.05) is 18.1 Å². The van der Waals surface area contributed by atoms with Crippen LogP contribution in [-0.2, 0) is 33.2 Å². The molecule has 0 aliphatic heterocycles. The monoisotopic (exact) mass is 582 g/mol. The van der Waals surface area contributed by atoms with E-state index in [1.165, 1.54) is 42.1 Å². The van der Waals surface area contributed by atoms with Crippen LogP contribution < -0.4 is 8.92 Å². The van der Waals surface area contributed by atoms with E-state index >= 15 is 0 Å². The van der Waals surface area contributed by atoms with E-state index in [2.05, 4.69) is 4.98 Å². The molecule has 0 saturated heterocycles. The van der Waals surface area contributed by atoms with Gasteiger partial charge in [-0.15, -0.1) is 0 Å². The van der Waals surface area contributed by atoms with Crippen molar-refractivity contribution < 1.29 is 34.6 Å². The summed E-state index contributed by atoms with van der Waals surface area (Å²) in [4.78, 5) is 4.05. The molecule has 12 heteroatoms. The van der Waals surface area contributed by atoms with Gasteiger partial charge in [0.15, 0.2) is 11.5 Å². The Hall–Kier alpha value is -4.26. The normalized spacial score (nSPS) is 12.1. The van der Waals surface area contributed by atoms with Crippen molar-refractivity contribution in [3.05, 3.63) is 115 Å². The van der Waals surface area contributed by atoms with E-state index in [0.29, 0.717) is 22.2 Å². The molecule has 206 valence electrons. The lowest BCUT2D eigenvalue weighted by atomic mass is 10.2. The summed E-state index contributed by atoms with van der Waals surface area (Å²) in [5, 5.41) is 0.660. The van der Waals surface area contributed by atoms with Crippen LogP contribution in [0, 0.1) is 5.82 Å². The molecule has 40 heavy (non-hydrogen) atoms. The van der Waals surface area contributed by atoms with Gasteiger partial charge in [-0.1, -0.05) is 24.3 Å². The molecule has 5 rings (SSSR count). The molecular formula is C28H23FN2O7S2. The Bertz CT molecular complexity index is 1850. The van der Waals surface area contributed by atoms with Crippen molar-refractivity contribution >= 4 is 31.0 Å². The molecule has 0 aliphatic carbocycles. The van der Waals surface area contributed by atoms with Crippen molar-refractivity contribution in [2.24, 2.45) is 0 Å². The number of hydrogen-bond acceptors (Lipinski definition) is 8. The Morgan fingerprint density at radius 3 is 2.38 bits per heavy atom. The first kappa shape index (κ1) is 27.3. The number of rotatable bonds is 10.